The van der Waals surface area contributed by atoms with Gasteiger partial charge in [-0.3, -0.25) is 4.79 Å². The number of nitrogens with zero attached hydrogens (tertiary/aromatic N) is 2. The van der Waals surface area contributed by atoms with E-state index < -0.39 is 0 Å². The van der Waals surface area contributed by atoms with Gasteiger partial charge in [-0.2, -0.15) is 0 Å². The highest BCUT2D eigenvalue weighted by atomic mass is 16.2. The van der Waals surface area contributed by atoms with Crippen molar-refractivity contribution in [1.82, 2.24) is 14.8 Å². The van der Waals surface area contributed by atoms with Gasteiger partial charge in [-0.15, -0.1) is 0 Å². The molecule has 2 N–H and O–H groups in total. The fourth-order valence-electron chi connectivity index (χ4n) is 4.63. The van der Waals surface area contributed by atoms with Crippen LogP contribution in [0.25, 0.3) is 10.9 Å². The van der Waals surface area contributed by atoms with Crippen molar-refractivity contribution in [2.45, 2.75) is 45.7 Å². The number of para-hydroxylation sites is 1. The Morgan fingerprint density at radius 1 is 0.919 bits per heavy atom. The summed E-state index contributed by atoms with van der Waals surface area (Å²) in [7, 11) is 0. The number of hydrogen-bond donors (Lipinski definition) is 2. The fourth-order valence-corrected chi connectivity index (χ4v) is 4.63. The van der Waals surface area contributed by atoms with Crippen LogP contribution in [-0.2, 0) is 17.8 Å². The summed E-state index contributed by atoms with van der Waals surface area (Å²) in [5, 5.41) is 4.16. The lowest BCUT2D eigenvalue weighted by Gasteiger charge is -2.28. The summed E-state index contributed by atoms with van der Waals surface area (Å²) < 4.78 is 0. The van der Waals surface area contributed by atoms with Crippen molar-refractivity contribution in [3.05, 3.63) is 101 Å². The number of H-pyrrole nitrogens is 1. The Kier molecular flexibility index (Phi) is 7.26. The van der Waals surface area contributed by atoms with Gasteiger partial charge in [0.15, 0.2) is 0 Å². The molecule has 0 radical (unpaired) electrons. The van der Waals surface area contributed by atoms with E-state index in [-0.39, 0.29) is 24.5 Å². The highest BCUT2D eigenvalue weighted by molar-refractivity contribution is 5.93. The number of aromatic amines is 1. The molecule has 6 nitrogen and oxygen atoms in total. The van der Waals surface area contributed by atoms with E-state index in [9.17, 15) is 9.59 Å². The SMILES string of the molecule is Cc1ccc(CN(CCc2c[nH]c3ccccc23)C(=O)CN(C(=O)Nc2ccc(C)cc2)C2CC2)cc1. The molecule has 3 aromatic carbocycles. The molecular weight excluding hydrogens is 460 g/mol. The van der Waals surface area contributed by atoms with Gasteiger partial charge in [0.1, 0.15) is 6.54 Å². The molecule has 1 aliphatic carbocycles. The Balaban J connectivity index is 1.31. The molecule has 5 rings (SSSR count). The molecule has 0 bridgehead atoms. The number of aryl methyl sites for hydroxylation is 2. The van der Waals surface area contributed by atoms with Crippen LogP contribution in [0, 0.1) is 13.8 Å². The first-order valence-electron chi connectivity index (χ1n) is 13.0. The van der Waals surface area contributed by atoms with Crippen molar-refractivity contribution in [2.75, 3.05) is 18.4 Å². The molecule has 1 saturated carbocycles. The Bertz CT molecular complexity index is 1370. The number of benzene rings is 3. The minimum Gasteiger partial charge on any atom is -0.361 e. The number of carbonyl (C=O) groups is 2. The predicted octanol–water partition coefficient (Wildman–Crippen LogP) is 6.05. The third kappa shape index (κ3) is 6.20. The van der Waals surface area contributed by atoms with Crippen molar-refractivity contribution < 1.29 is 9.59 Å². The first kappa shape index (κ1) is 24.6. The lowest BCUT2D eigenvalue weighted by Crippen LogP contribution is -2.45. The molecule has 0 atom stereocenters. The van der Waals surface area contributed by atoms with Gasteiger partial charge < -0.3 is 20.1 Å². The van der Waals surface area contributed by atoms with Gasteiger partial charge in [0.25, 0.3) is 0 Å². The molecule has 1 fully saturated rings. The summed E-state index contributed by atoms with van der Waals surface area (Å²) >= 11 is 0. The van der Waals surface area contributed by atoms with E-state index in [4.69, 9.17) is 0 Å². The maximum absolute atomic E-state index is 13.7. The van der Waals surface area contributed by atoms with Gasteiger partial charge in [-0.25, -0.2) is 4.79 Å². The van der Waals surface area contributed by atoms with Crippen LogP contribution in [0.5, 0.6) is 0 Å². The molecule has 4 aromatic rings. The van der Waals surface area contributed by atoms with Crippen molar-refractivity contribution in [1.29, 1.82) is 0 Å². The third-order valence-electron chi connectivity index (χ3n) is 7.03. The van der Waals surface area contributed by atoms with Crippen LogP contribution < -0.4 is 5.32 Å². The Morgan fingerprint density at radius 2 is 1.59 bits per heavy atom. The summed E-state index contributed by atoms with van der Waals surface area (Å²) in [5.74, 6) is -0.0358. The lowest BCUT2D eigenvalue weighted by molar-refractivity contribution is -0.132. The molecule has 37 heavy (non-hydrogen) atoms. The maximum Gasteiger partial charge on any atom is 0.322 e. The zero-order valence-corrected chi connectivity index (χ0v) is 21.5. The van der Waals surface area contributed by atoms with E-state index in [2.05, 4.69) is 53.6 Å². The quantitative estimate of drug-likeness (QED) is 0.297. The first-order chi connectivity index (χ1) is 18.0. The second kappa shape index (κ2) is 10.9. The van der Waals surface area contributed by atoms with Crippen LogP contribution in [0.1, 0.15) is 35.1 Å². The number of nitrogens with one attached hydrogen (secondary N) is 2. The number of urea groups is 1. The van der Waals surface area contributed by atoms with E-state index in [1.165, 1.54) is 16.5 Å². The number of anilines is 1. The zero-order chi connectivity index (χ0) is 25.8. The zero-order valence-electron chi connectivity index (χ0n) is 21.5. The predicted molar refractivity (Wildman–Crippen MR) is 149 cm³/mol. The van der Waals surface area contributed by atoms with Crippen LogP contribution in [0.3, 0.4) is 0 Å². The number of amides is 3. The Labute approximate surface area is 218 Å². The average Bonchev–Trinajstić information content (AvgIpc) is 3.66. The van der Waals surface area contributed by atoms with E-state index in [1.807, 2.05) is 54.4 Å². The average molecular weight is 495 g/mol. The summed E-state index contributed by atoms with van der Waals surface area (Å²) in [5.41, 5.74) is 6.43. The summed E-state index contributed by atoms with van der Waals surface area (Å²) in [6.07, 6.45) is 4.63. The molecule has 0 spiro atoms. The number of aromatic nitrogens is 1. The highest BCUT2D eigenvalue weighted by Crippen LogP contribution is 2.28. The summed E-state index contributed by atoms with van der Waals surface area (Å²) in [4.78, 5) is 33.8. The molecule has 0 saturated heterocycles. The van der Waals surface area contributed by atoms with Gasteiger partial charge in [-0.1, -0.05) is 65.7 Å². The van der Waals surface area contributed by atoms with Gasteiger partial charge in [0.05, 0.1) is 0 Å². The summed E-state index contributed by atoms with van der Waals surface area (Å²) in [6.45, 7) is 5.23. The second-order valence-electron chi connectivity index (χ2n) is 10.1. The van der Waals surface area contributed by atoms with E-state index in [0.29, 0.717) is 13.1 Å². The number of fused-ring (bicyclic) bond motifs is 1. The Morgan fingerprint density at radius 3 is 2.30 bits per heavy atom. The fraction of sp³-hybridized carbons (Fsp3) is 0.290. The normalized spacial score (nSPS) is 12.9. The molecule has 190 valence electrons. The lowest BCUT2D eigenvalue weighted by atomic mass is 10.1. The monoisotopic (exact) mass is 494 g/mol. The van der Waals surface area contributed by atoms with Gasteiger partial charge >= 0.3 is 6.03 Å². The second-order valence-corrected chi connectivity index (χ2v) is 10.1. The molecule has 3 amide bonds. The van der Waals surface area contributed by atoms with Crippen LogP contribution in [0.2, 0.25) is 0 Å². The van der Waals surface area contributed by atoms with Crippen LogP contribution >= 0.6 is 0 Å². The molecule has 0 aliphatic heterocycles. The molecular formula is C31H34N4O2. The van der Waals surface area contributed by atoms with E-state index in [1.54, 1.807) is 4.90 Å². The minimum atomic E-state index is -0.216. The largest absolute Gasteiger partial charge is 0.361 e. The molecule has 1 aliphatic rings. The van der Waals surface area contributed by atoms with Gasteiger partial charge in [-0.05, 0) is 62.4 Å². The van der Waals surface area contributed by atoms with Gasteiger partial charge in [0.2, 0.25) is 5.91 Å². The minimum absolute atomic E-state index is 0.0358. The van der Waals surface area contributed by atoms with E-state index >= 15 is 0 Å². The topological polar surface area (TPSA) is 68.4 Å². The molecule has 1 aromatic heterocycles. The number of carbonyl (C=O) groups excluding carboxylic acids is 2. The van der Waals surface area contributed by atoms with Crippen LogP contribution in [-0.4, -0.2) is 45.9 Å². The molecule has 0 unspecified atom stereocenters. The summed E-state index contributed by atoms with van der Waals surface area (Å²) in [6, 6.07) is 24.1. The highest BCUT2D eigenvalue weighted by Gasteiger charge is 2.35. The number of hydrogen-bond acceptors (Lipinski definition) is 2. The Hall–Kier alpha value is -4.06. The third-order valence-corrected chi connectivity index (χ3v) is 7.03. The number of rotatable bonds is 9. The van der Waals surface area contributed by atoms with Crippen LogP contribution in [0.4, 0.5) is 10.5 Å². The van der Waals surface area contributed by atoms with Crippen molar-refractivity contribution in [3.63, 3.8) is 0 Å². The molecule has 1 heterocycles. The van der Waals surface area contributed by atoms with Crippen LogP contribution in [0.15, 0.2) is 79.0 Å². The molecule has 6 heteroatoms. The van der Waals surface area contributed by atoms with Crippen molar-refractivity contribution in [3.8, 4) is 0 Å². The van der Waals surface area contributed by atoms with E-state index in [0.717, 1.165) is 41.6 Å². The standard InChI is InChI=1S/C31H34N4O2/c1-22-7-11-24(12-8-22)20-34(18-17-25-19-32-29-6-4-3-5-28(25)29)30(36)21-35(27-15-16-27)31(37)33-26-13-9-23(2)10-14-26/h3-14,19,27,32H,15-18,20-21H2,1-2H3,(H,33,37). The smallest absolute Gasteiger partial charge is 0.322 e. The van der Waals surface area contributed by atoms with Crippen molar-refractivity contribution >= 4 is 28.5 Å². The maximum atomic E-state index is 13.7. The van der Waals surface area contributed by atoms with Crippen molar-refractivity contribution in [2.24, 2.45) is 0 Å². The van der Waals surface area contributed by atoms with Gasteiger partial charge in [0, 0.05) is 41.9 Å². The first-order valence-corrected chi connectivity index (χ1v) is 13.0.